The van der Waals surface area contributed by atoms with Crippen molar-refractivity contribution >= 4 is 40.3 Å². The summed E-state index contributed by atoms with van der Waals surface area (Å²) >= 11 is 6.40. The molecule has 6 rings (SSSR count). The number of hydrogen-bond donors (Lipinski definition) is 2. The first-order valence-corrected chi connectivity index (χ1v) is 15.4. The fraction of sp³-hybridized carbons (Fsp3) is 0.257. The first kappa shape index (κ1) is 32.5. The number of phenolic OH excluding ortho intramolecular Hbond substituents is 1. The molecule has 2 N–H and O–H groups in total. The van der Waals surface area contributed by atoms with Crippen LogP contribution in [0.2, 0.25) is 5.02 Å². The zero-order chi connectivity index (χ0) is 32.8. The van der Waals surface area contributed by atoms with E-state index in [0.29, 0.717) is 29.4 Å². The van der Waals surface area contributed by atoms with Crippen molar-refractivity contribution in [1.82, 2.24) is 30.1 Å². The summed E-state index contributed by atoms with van der Waals surface area (Å²) in [7, 11) is 0. The fourth-order valence-corrected chi connectivity index (χ4v) is 5.91. The van der Waals surface area contributed by atoms with Crippen LogP contribution in [0.25, 0.3) is 10.9 Å². The van der Waals surface area contributed by atoms with Gasteiger partial charge in [-0.3, -0.25) is 14.6 Å². The van der Waals surface area contributed by atoms with Gasteiger partial charge in [-0.2, -0.15) is 0 Å². The molecular weight excluding hydrogens is 604 g/mol. The van der Waals surface area contributed by atoms with Crippen LogP contribution >= 0.6 is 11.6 Å². The Morgan fingerprint density at radius 3 is 2.48 bits per heavy atom. The predicted octanol–water partition coefficient (Wildman–Crippen LogP) is 5.28. The van der Waals surface area contributed by atoms with Crippen LogP contribution in [0.5, 0.6) is 5.75 Å². The van der Waals surface area contributed by atoms with Crippen LogP contribution in [-0.4, -0.2) is 80.1 Å². The zero-order valence-electron chi connectivity index (χ0n) is 25.8. The molecular formula is C35H37ClN6O4. The molecule has 0 radical (unpaired) electrons. The molecule has 2 aliphatic heterocycles. The molecule has 0 bridgehead atoms. The van der Waals surface area contributed by atoms with E-state index in [1.54, 1.807) is 45.4 Å². The monoisotopic (exact) mass is 640 g/mol. The van der Waals surface area contributed by atoms with Crippen LogP contribution in [0.15, 0.2) is 97.7 Å². The SMILES string of the molecule is C=CCN1CC(=O)N2CC(=O)N(C(C)c3ccc(Cl)c4cccnc34)CC2N1C(=O)NCc1ccccc1.Cc1ccc(O)cc1. The highest BCUT2D eigenvalue weighted by molar-refractivity contribution is 6.35. The number of aromatic nitrogens is 1. The minimum absolute atomic E-state index is 0.0180. The van der Waals surface area contributed by atoms with Gasteiger partial charge >= 0.3 is 6.03 Å². The number of fused-ring (bicyclic) bond motifs is 2. The van der Waals surface area contributed by atoms with E-state index < -0.39 is 6.17 Å². The second kappa shape index (κ2) is 14.4. The van der Waals surface area contributed by atoms with Gasteiger partial charge in [-0.1, -0.05) is 71.8 Å². The lowest BCUT2D eigenvalue weighted by atomic mass is 10.0. The average Bonchev–Trinajstić information content (AvgIpc) is 3.06. The molecule has 2 aliphatic rings. The molecule has 2 fully saturated rings. The molecule has 238 valence electrons. The topological polar surface area (TPSA) is 109 Å². The van der Waals surface area contributed by atoms with Crippen molar-refractivity contribution in [3.05, 3.63) is 119 Å². The second-order valence-corrected chi connectivity index (χ2v) is 11.6. The standard InChI is InChI=1S/C28H29ClN6O3.C7H8O/c1-3-14-32-17-25(36)34-18-26(37)33(19(2)21-11-12-23(29)22-10-7-13-30-27(21)22)16-24(34)35(32)28(38)31-15-20-8-5-4-6-9-20;1-6-2-4-7(8)5-3-6/h3-13,19,24H,1,14-18H2,2H3,(H,31,38);2-5,8H,1H3. The number of piperazine rings is 1. The first-order chi connectivity index (χ1) is 22.2. The molecule has 2 atom stereocenters. The number of hydrazine groups is 1. The van der Waals surface area contributed by atoms with Crippen molar-refractivity contribution in [3.8, 4) is 5.75 Å². The number of nitrogens with one attached hydrogen (secondary N) is 1. The Kier molecular flexibility index (Phi) is 10.2. The maximum Gasteiger partial charge on any atom is 0.334 e. The Hall–Kier alpha value is -4.93. The molecule has 2 unspecified atom stereocenters. The zero-order valence-corrected chi connectivity index (χ0v) is 26.6. The first-order valence-electron chi connectivity index (χ1n) is 15.0. The van der Waals surface area contributed by atoms with Crippen molar-refractivity contribution in [1.29, 1.82) is 0 Å². The molecule has 4 amide bonds. The van der Waals surface area contributed by atoms with E-state index >= 15 is 0 Å². The number of benzene rings is 3. The Labute approximate surface area is 273 Å². The van der Waals surface area contributed by atoms with Gasteiger partial charge in [-0.15, -0.1) is 6.58 Å². The van der Waals surface area contributed by atoms with E-state index in [2.05, 4.69) is 16.9 Å². The second-order valence-electron chi connectivity index (χ2n) is 11.2. The summed E-state index contributed by atoms with van der Waals surface area (Å²) in [5.74, 6) is -0.0678. The number of carbonyl (C=O) groups is 3. The number of urea groups is 1. The van der Waals surface area contributed by atoms with Crippen molar-refractivity contribution in [3.63, 3.8) is 0 Å². The molecule has 0 aliphatic carbocycles. The molecule has 3 aromatic carbocycles. The number of phenols is 1. The number of rotatable bonds is 6. The summed E-state index contributed by atoms with van der Waals surface area (Å²) in [6, 6.07) is 23.4. The highest BCUT2D eigenvalue weighted by Crippen LogP contribution is 2.33. The number of aromatic hydroxyl groups is 1. The van der Waals surface area contributed by atoms with Gasteiger partial charge in [-0.05, 0) is 49.7 Å². The largest absolute Gasteiger partial charge is 0.508 e. The maximum atomic E-state index is 13.5. The summed E-state index contributed by atoms with van der Waals surface area (Å²) < 4.78 is 0. The molecule has 3 heterocycles. The average molecular weight is 641 g/mol. The summed E-state index contributed by atoms with van der Waals surface area (Å²) in [6.45, 7) is 8.37. The van der Waals surface area contributed by atoms with E-state index in [0.717, 1.165) is 16.5 Å². The van der Waals surface area contributed by atoms with E-state index in [1.165, 1.54) is 10.5 Å². The van der Waals surface area contributed by atoms with Gasteiger partial charge in [0.1, 0.15) is 18.5 Å². The highest BCUT2D eigenvalue weighted by atomic mass is 35.5. The number of pyridine rings is 1. The number of carbonyl (C=O) groups excluding carboxylic acids is 3. The van der Waals surface area contributed by atoms with Gasteiger partial charge in [0.05, 0.1) is 24.6 Å². The van der Waals surface area contributed by atoms with E-state index in [9.17, 15) is 14.4 Å². The normalized spacial score (nSPS) is 17.2. The summed E-state index contributed by atoms with van der Waals surface area (Å²) in [6.07, 6.45) is 2.68. The fourth-order valence-electron chi connectivity index (χ4n) is 5.70. The Bertz CT molecular complexity index is 1700. The van der Waals surface area contributed by atoms with Gasteiger partial charge in [-0.25, -0.2) is 14.8 Å². The molecule has 1 aromatic heterocycles. The quantitative estimate of drug-likeness (QED) is 0.278. The molecule has 0 saturated carbocycles. The number of halogens is 1. The van der Waals surface area contributed by atoms with Gasteiger partial charge < -0.3 is 20.2 Å². The summed E-state index contributed by atoms with van der Waals surface area (Å²) in [5.41, 5.74) is 3.69. The smallest absolute Gasteiger partial charge is 0.334 e. The van der Waals surface area contributed by atoms with Crippen LogP contribution < -0.4 is 5.32 Å². The molecule has 0 spiro atoms. The Balaban J connectivity index is 0.000000455. The van der Waals surface area contributed by atoms with Gasteiger partial charge in [0.25, 0.3) is 0 Å². The Morgan fingerprint density at radius 1 is 1.04 bits per heavy atom. The lowest BCUT2D eigenvalue weighted by Crippen LogP contribution is -2.74. The van der Waals surface area contributed by atoms with Gasteiger partial charge in [0.2, 0.25) is 11.8 Å². The van der Waals surface area contributed by atoms with E-state index in [4.69, 9.17) is 16.7 Å². The van der Waals surface area contributed by atoms with Crippen molar-refractivity contribution in [2.75, 3.05) is 26.2 Å². The molecule has 4 aromatic rings. The minimum Gasteiger partial charge on any atom is -0.508 e. The number of aryl methyl sites for hydroxylation is 1. The summed E-state index contributed by atoms with van der Waals surface area (Å²) in [5, 5.41) is 16.3. The van der Waals surface area contributed by atoms with Crippen LogP contribution in [0.4, 0.5) is 4.79 Å². The number of hydrogen-bond acceptors (Lipinski definition) is 6. The maximum absolute atomic E-state index is 13.5. The highest BCUT2D eigenvalue weighted by Gasteiger charge is 2.47. The van der Waals surface area contributed by atoms with Crippen molar-refractivity contribution in [2.45, 2.75) is 32.6 Å². The van der Waals surface area contributed by atoms with Crippen molar-refractivity contribution < 1.29 is 19.5 Å². The number of nitrogens with zero attached hydrogens (tertiary/aromatic N) is 5. The van der Waals surface area contributed by atoms with Gasteiger partial charge in [0.15, 0.2) is 0 Å². The molecule has 11 heteroatoms. The third-order valence-electron chi connectivity index (χ3n) is 8.10. The van der Waals surface area contributed by atoms with Crippen LogP contribution in [0.1, 0.15) is 29.7 Å². The lowest BCUT2D eigenvalue weighted by molar-refractivity contribution is -0.182. The van der Waals surface area contributed by atoms with E-state index in [-0.39, 0.29) is 43.5 Å². The Morgan fingerprint density at radius 2 is 1.78 bits per heavy atom. The van der Waals surface area contributed by atoms with E-state index in [1.807, 2.05) is 74.5 Å². The van der Waals surface area contributed by atoms with Crippen molar-refractivity contribution in [2.24, 2.45) is 0 Å². The van der Waals surface area contributed by atoms with Gasteiger partial charge in [0, 0.05) is 35.3 Å². The van der Waals surface area contributed by atoms with Crippen LogP contribution in [-0.2, 0) is 16.1 Å². The predicted molar refractivity (Wildman–Crippen MR) is 178 cm³/mol. The minimum atomic E-state index is -0.668. The molecule has 10 nitrogen and oxygen atoms in total. The third kappa shape index (κ3) is 7.14. The molecule has 46 heavy (non-hydrogen) atoms. The lowest BCUT2D eigenvalue weighted by Gasteiger charge is -2.53. The molecule has 2 saturated heterocycles. The number of amides is 4. The third-order valence-corrected chi connectivity index (χ3v) is 8.43. The van der Waals surface area contributed by atoms with Crippen LogP contribution in [0.3, 0.4) is 0 Å². The summed E-state index contributed by atoms with van der Waals surface area (Å²) in [4.78, 5) is 47.7. The van der Waals surface area contributed by atoms with Crippen LogP contribution in [0, 0.1) is 6.92 Å².